The van der Waals surface area contributed by atoms with Crippen molar-refractivity contribution in [3.05, 3.63) is 48.0 Å². The monoisotopic (exact) mass is 427 g/mol. The molecule has 0 bridgehead atoms. The molecule has 0 aliphatic carbocycles. The van der Waals surface area contributed by atoms with Gasteiger partial charge in [0, 0.05) is 31.2 Å². The Labute approximate surface area is 155 Å². The Kier molecular flexibility index (Phi) is 8.68. The number of nitrogens with zero attached hydrogens (tertiary/aromatic N) is 3. The molecule has 6 heteroatoms. The fourth-order valence-electron chi connectivity index (χ4n) is 2.24. The van der Waals surface area contributed by atoms with E-state index in [1.807, 2.05) is 31.5 Å². The molecule has 0 radical (unpaired) electrons. The molecule has 126 valence electrons. The van der Waals surface area contributed by atoms with Crippen LogP contribution in [0.4, 0.5) is 5.69 Å². The van der Waals surface area contributed by atoms with Gasteiger partial charge in [0.05, 0.1) is 0 Å². The highest BCUT2D eigenvalue weighted by molar-refractivity contribution is 14.0. The van der Waals surface area contributed by atoms with Crippen molar-refractivity contribution in [1.82, 2.24) is 9.55 Å². The zero-order chi connectivity index (χ0) is 15.8. The third kappa shape index (κ3) is 6.60. The van der Waals surface area contributed by atoms with Gasteiger partial charge in [0.2, 0.25) is 0 Å². The average Bonchev–Trinajstić information content (AvgIpc) is 2.93. The van der Waals surface area contributed by atoms with Gasteiger partial charge in [0.25, 0.3) is 0 Å². The van der Waals surface area contributed by atoms with Gasteiger partial charge in [-0.1, -0.05) is 19.1 Å². The number of anilines is 1. The van der Waals surface area contributed by atoms with E-state index in [1.165, 1.54) is 5.56 Å². The van der Waals surface area contributed by atoms with E-state index in [0.717, 1.165) is 43.9 Å². The van der Waals surface area contributed by atoms with E-state index in [0.29, 0.717) is 5.96 Å². The van der Waals surface area contributed by atoms with Crippen molar-refractivity contribution in [1.29, 1.82) is 0 Å². The molecule has 3 N–H and O–H groups in total. The number of aryl methyl sites for hydroxylation is 3. The Hall–Kier alpha value is -1.57. The molecule has 0 saturated heterocycles. The predicted molar refractivity (Wildman–Crippen MR) is 108 cm³/mol. The number of guanidine groups is 1. The molecule has 0 amide bonds. The average molecular weight is 427 g/mol. The van der Waals surface area contributed by atoms with Gasteiger partial charge in [-0.05, 0) is 43.9 Å². The summed E-state index contributed by atoms with van der Waals surface area (Å²) in [6.07, 6.45) is 6.96. The molecular weight excluding hydrogens is 401 g/mol. The molecule has 1 aromatic heterocycles. The maximum absolute atomic E-state index is 5.90. The van der Waals surface area contributed by atoms with Crippen LogP contribution in [0.3, 0.4) is 0 Å². The Morgan fingerprint density at radius 1 is 1.26 bits per heavy atom. The summed E-state index contributed by atoms with van der Waals surface area (Å²) in [5.74, 6) is 1.53. The summed E-state index contributed by atoms with van der Waals surface area (Å²) in [5.41, 5.74) is 8.20. The Morgan fingerprint density at radius 2 is 2.00 bits per heavy atom. The van der Waals surface area contributed by atoms with Gasteiger partial charge in [0.15, 0.2) is 5.96 Å². The third-order valence-corrected chi connectivity index (χ3v) is 3.65. The molecule has 0 fully saturated rings. The fraction of sp³-hybridized carbons (Fsp3) is 0.412. The molecule has 0 saturated carbocycles. The second-order valence-electron chi connectivity index (χ2n) is 5.32. The van der Waals surface area contributed by atoms with Crippen LogP contribution in [0.1, 0.15) is 31.2 Å². The zero-order valence-electron chi connectivity index (χ0n) is 13.8. The number of rotatable bonds is 7. The van der Waals surface area contributed by atoms with E-state index in [-0.39, 0.29) is 24.0 Å². The molecule has 1 heterocycles. The normalized spacial score (nSPS) is 11.1. The SMILES string of the molecule is CCc1ccc(NC(N)=NCCCCn2ccnc2C)cc1.I. The van der Waals surface area contributed by atoms with Gasteiger partial charge in [0.1, 0.15) is 5.82 Å². The summed E-state index contributed by atoms with van der Waals surface area (Å²) < 4.78 is 2.15. The number of nitrogens with two attached hydrogens (primary N) is 1. The predicted octanol–water partition coefficient (Wildman–Crippen LogP) is 3.58. The van der Waals surface area contributed by atoms with Crippen LogP contribution in [0, 0.1) is 6.92 Å². The van der Waals surface area contributed by atoms with Crippen LogP contribution < -0.4 is 11.1 Å². The van der Waals surface area contributed by atoms with Crippen LogP contribution in [0.15, 0.2) is 41.7 Å². The fourth-order valence-corrected chi connectivity index (χ4v) is 2.24. The van der Waals surface area contributed by atoms with Crippen molar-refractivity contribution in [2.75, 3.05) is 11.9 Å². The van der Waals surface area contributed by atoms with Crippen molar-refractivity contribution in [3.63, 3.8) is 0 Å². The van der Waals surface area contributed by atoms with Crippen molar-refractivity contribution < 1.29 is 0 Å². The molecule has 0 aliphatic rings. The summed E-state index contributed by atoms with van der Waals surface area (Å²) in [4.78, 5) is 8.57. The molecule has 0 atom stereocenters. The summed E-state index contributed by atoms with van der Waals surface area (Å²) in [7, 11) is 0. The van der Waals surface area contributed by atoms with Crippen molar-refractivity contribution >= 4 is 35.6 Å². The molecular formula is C17H26IN5. The van der Waals surface area contributed by atoms with Gasteiger partial charge < -0.3 is 15.6 Å². The van der Waals surface area contributed by atoms with Crippen LogP contribution in [0.25, 0.3) is 0 Å². The van der Waals surface area contributed by atoms with Crippen molar-refractivity contribution in [2.24, 2.45) is 10.7 Å². The van der Waals surface area contributed by atoms with Crippen LogP contribution in [0.2, 0.25) is 0 Å². The van der Waals surface area contributed by atoms with Crippen molar-refractivity contribution in [2.45, 2.75) is 39.7 Å². The van der Waals surface area contributed by atoms with Gasteiger partial charge in [-0.15, -0.1) is 24.0 Å². The van der Waals surface area contributed by atoms with E-state index >= 15 is 0 Å². The minimum atomic E-state index is 0. The number of unbranched alkanes of at least 4 members (excludes halogenated alkanes) is 1. The topological polar surface area (TPSA) is 68.2 Å². The quantitative estimate of drug-likeness (QED) is 0.307. The maximum atomic E-state index is 5.90. The first-order valence-electron chi connectivity index (χ1n) is 7.82. The zero-order valence-corrected chi connectivity index (χ0v) is 16.2. The molecule has 23 heavy (non-hydrogen) atoms. The lowest BCUT2D eigenvalue weighted by atomic mass is 10.1. The number of halogens is 1. The van der Waals surface area contributed by atoms with Crippen LogP contribution in [0.5, 0.6) is 0 Å². The Morgan fingerprint density at radius 3 is 2.61 bits per heavy atom. The minimum absolute atomic E-state index is 0. The first-order valence-corrected chi connectivity index (χ1v) is 7.82. The molecule has 0 aliphatic heterocycles. The molecule has 2 rings (SSSR count). The van der Waals surface area contributed by atoms with E-state index < -0.39 is 0 Å². The highest BCUT2D eigenvalue weighted by Crippen LogP contribution is 2.09. The van der Waals surface area contributed by atoms with Gasteiger partial charge >= 0.3 is 0 Å². The first-order chi connectivity index (χ1) is 10.7. The van der Waals surface area contributed by atoms with E-state index in [2.05, 4.69) is 38.9 Å². The second kappa shape index (κ2) is 10.3. The van der Waals surface area contributed by atoms with E-state index in [4.69, 9.17) is 5.73 Å². The van der Waals surface area contributed by atoms with Gasteiger partial charge in [-0.2, -0.15) is 0 Å². The number of nitrogens with one attached hydrogen (secondary N) is 1. The van der Waals surface area contributed by atoms with Crippen molar-refractivity contribution in [3.8, 4) is 0 Å². The minimum Gasteiger partial charge on any atom is -0.370 e. The second-order valence-corrected chi connectivity index (χ2v) is 5.32. The van der Waals surface area contributed by atoms with Gasteiger partial charge in [-0.3, -0.25) is 4.99 Å². The number of aliphatic imine (C=N–C) groups is 1. The maximum Gasteiger partial charge on any atom is 0.193 e. The summed E-state index contributed by atoms with van der Waals surface area (Å²) in [5, 5.41) is 3.12. The highest BCUT2D eigenvalue weighted by atomic mass is 127. The first kappa shape index (κ1) is 19.5. The van der Waals surface area contributed by atoms with E-state index in [1.54, 1.807) is 0 Å². The van der Waals surface area contributed by atoms with Crippen LogP contribution in [-0.2, 0) is 13.0 Å². The lowest BCUT2D eigenvalue weighted by Gasteiger charge is -2.07. The lowest BCUT2D eigenvalue weighted by Crippen LogP contribution is -2.22. The Balaban J connectivity index is 0.00000264. The summed E-state index contributed by atoms with van der Waals surface area (Å²) >= 11 is 0. The molecule has 0 spiro atoms. The van der Waals surface area contributed by atoms with E-state index in [9.17, 15) is 0 Å². The summed E-state index contributed by atoms with van der Waals surface area (Å²) in [6, 6.07) is 8.26. The van der Waals surface area contributed by atoms with Gasteiger partial charge in [-0.25, -0.2) is 4.98 Å². The Bertz CT molecular complexity index is 604. The standard InChI is InChI=1S/C17H25N5.HI/c1-3-15-6-8-16(9-7-15)21-17(18)20-10-4-5-12-22-13-11-19-14(22)2;/h6-9,11,13H,3-5,10,12H2,1-2H3,(H3,18,20,21);1H. The number of benzene rings is 1. The smallest absolute Gasteiger partial charge is 0.193 e. The molecule has 0 unspecified atom stereocenters. The molecule has 5 nitrogen and oxygen atoms in total. The number of imidazole rings is 1. The largest absolute Gasteiger partial charge is 0.370 e. The molecule has 1 aromatic carbocycles. The van der Waals surface area contributed by atoms with Crippen LogP contribution >= 0.6 is 24.0 Å². The number of hydrogen-bond acceptors (Lipinski definition) is 2. The molecule has 2 aromatic rings. The third-order valence-electron chi connectivity index (χ3n) is 3.65. The lowest BCUT2D eigenvalue weighted by molar-refractivity contribution is 0.602. The highest BCUT2D eigenvalue weighted by Gasteiger charge is 1.97. The number of hydrogen-bond donors (Lipinski definition) is 2. The number of aromatic nitrogens is 2. The van der Waals surface area contributed by atoms with Crippen LogP contribution in [-0.4, -0.2) is 22.1 Å². The summed E-state index contributed by atoms with van der Waals surface area (Å²) in [6.45, 7) is 5.88.